The van der Waals surface area contributed by atoms with Crippen LogP contribution in [0.3, 0.4) is 0 Å². The fourth-order valence-electron chi connectivity index (χ4n) is 1.64. The van der Waals surface area contributed by atoms with Crippen LogP contribution in [-0.2, 0) is 11.2 Å². The monoisotopic (exact) mass is 236 g/mol. The summed E-state index contributed by atoms with van der Waals surface area (Å²) in [6.07, 6.45) is 1.67. The third-order valence-electron chi connectivity index (χ3n) is 2.78. The SMILES string of the molecule is C=C(CC)CC(Cc1ccc(F)cc1)C(=O)O. The largest absolute Gasteiger partial charge is 0.481 e. The molecule has 2 nitrogen and oxygen atoms in total. The van der Waals surface area contributed by atoms with Crippen LogP contribution in [0.15, 0.2) is 36.4 Å². The normalized spacial score (nSPS) is 12.1. The van der Waals surface area contributed by atoms with Crippen LogP contribution in [0, 0.1) is 11.7 Å². The van der Waals surface area contributed by atoms with Crippen LogP contribution in [0.2, 0.25) is 0 Å². The highest BCUT2D eigenvalue weighted by molar-refractivity contribution is 5.70. The van der Waals surface area contributed by atoms with Crippen molar-refractivity contribution in [3.63, 3.8) is 0 Å². The van der Waals surface area contributed by atoms with Gasteiger partial charge in [0, 0.05) is 0 Å². The van der Waals surface area contributed by atoms with E-state index in [4.69, 9.17) is 5.11 Å². The standard InChI is InChI=1S/C14H17FO2/c1-3-10(2)8-12(14(16)17)9-11-4-6-13(15)7-5-11/h4-7,12H,2-3,8-9H2,1H3,(H,16,17). The molecule has 1 rings (SSSR count). The summed E-state index contributed by atoms with van der Waals surface area (Å²) >= 11 is 0. The van der Waals surface area contributed by atoms with E-state index in [2.05, 4.69) is 6.58 Å². The Bertz CT molecular complexity index is 395. The number of carboxylic acid groups (broad SMARTS) is 1. The molecule has 3 heteroatoms. The van der Waals surface area contributed by atoms with E-state index in [0.717, 1.165) is 17.6 Å². The van der Waals surface area contributed by atoms with Crippen LogP contribution in [-0.4, -0.2) is 11.1 Å². The van der Waals surface area contributed by atoms with Gasteiger partial charge in [-0.25, -0.2) is 4.39 Å². The van der Waals surface area contributed by atoms with Gasteiger partial charge in [-0.2, -0.15) is 0 Å². The van der Waals surface area contributed by atoms with Gasteiger partial charge in [0.05, 0.1) is 5.92 Å². The molecule has 1 aromatic rings. The number of aliphatic carboxylic acids is 1. The smallest absolute Gasteiger partial charge is 0.307 e. The van der Waals surface area contributed by atoms with Crippen molar-refractivity contribution in [1.29, 1.82) is 0 Å². The van der Waals surface area contributed by atoms with E-state index in [1.165, 1.54) is 12.1 Å². The highest BCUT2D eigenvalue weighted by atomic mass is 19.1. The highest BCUT2D eigenvalue weighted by Crippen LogP contribution is 2.18. The van der Waals surface area contributed by atoms with Gasteiger partial charge < -0.3 is 5.11 Å². The van der Waals surface area contributed by atoms with Gasteiger partial charge in [-0.05, 0) is 37.0 Å². The Morgan fingerprint density at radius 2 is 2.00 bits per heavy atom. The van der Waals surface area contributed by atoms with Crippen molar-refractivity contribution in [2.24, 2.45) is 5.92 Å². The Kier molecular flexibility index (Phi) is 4.88. The van der Waals surface area contributed by atoms with Gasteiger partial charge in [0.1, 0.15) is 5.82 Å². The minimum absolute atomic E-state index is 0.307. The van der Waals surface area contributed by atoms with Gasteiger partial charge in [-0.15, -0.1) is 0 Å². The van der Waals surface area contributed by atoms with Crippen LogP contribution in [0.25, 0.3) is 0 Å². The van der Waals surface area contributed by atoms with Crippen molar-refractivity contribution in [2.75, 3.05) is 0 Å². The zero-order valence-electron chi connectivity index (χ0n) is 9.95. The molecule has 1 aromatic carbocycles. The first-order chi connectivity index (χ1) is 8.02. The summed E-state index contributed by atoms with van der Waals surface area (Å²) in [4.78, 5) is 11.1. The van der Waals surface area contributed by atoms with E-state index in [-0.39, 0.29) is 5.82 Å². The Morgan fingerprint density at radius 3 is 2.47 bits per heavy atom. The molecule has 1 N–H and O–H groups in total. The molecule has 0 aliphatic heterocycles. The molecule has 0 bridgehead atoms. The summed E-state index contributed by atoms with van der Waals surface area (Å²) in [6, 6.07) is 5.95. The summed E-state index contributed by atoms with van der Waals surface area (Å²) < 4.78 is 12.7. The molecule has 1 unspecified atom stereocenters. The van der Waals surface area contributed by atoms with E-state index in [1.807, 2.05) is 6.92 Å². The maximum Gasteiger partial charge on any atom is 0.307 e. The molecule has 0 aliphatic rings. The third-order valence-corrected chi connectivity index (χ3v) is 2.78. The summed E-state index contributed by atoms with van der Waals surface area (Å²) in [5, 5.41) is 9.12. The average Bonchev–Trinajstić information content (AvgIpc) is 2.30. The topological polar surface area (TPSA) is 37.3 Å². The molecular formula is C14H17FO2. The van der Waals surface area contributed by atoms with Crippen molar-refractivity contribution < 1.29 is 14.3 Å². The van der Waals surface area contributed by atoms with Crippen molar-refractivity contribution in [3.05, 3.63) is 47.8 Å². The lowest BCUT2D eigenvalue weighted by atomic mass is 9.92. The number of hydrogen-bond acceptors (Lipinski definition) is 1. The average molecular weight is 236 g/mol. The Hall–Kier alpha value is -1.64. The quantitative estimate of drug-likeness (QED) is 0.768. The highest BCUT2D eigenvalue weighted by Gasteiger charge is 2.18. The predicted octanol–water partition coefficient (Wildman–Crippen LogP) is 3.43. The molecule has 92 valence electrons. The minimum atomic E-state index is -0.830. The van der Waals surface area contributed by atoms with Crippen LogP contribution < -0.4 is 0 Å². The molecule has 0 fully saturated rings. The number of hydrogen-bond donors (Lipinski definition) is 1. The lowest BCUT2D eigenvalue weighted by Gasteiger charge is -2.13. The van der Waals surface area contributed by atoms with Crippen LogP contribution in [0.1, 0.15) is 25.3 Å². The fourth-order valence-corrected chi connectivity index (χ4v) is 1.64. The first kappa shape index (κ1) is 13.4. The molecule has 17 heavy (non-hydrogen) atoms. The molecule has 0 saturated heterocycles. The summed E-state index contributed by atoms with van der Waals surface area (Å²) in [6.45, 7) is 5.79. The summed E-state index contributed by atoms with van der Waals surface area (Å²) in [7, 11) is 0. The number of carbonyl (C=O) groups is 1. The van der Waals surface area contributed by atoms with E-state index in [1.54, 1.807) is 12.1 Å². The summed E-state index contributed by atoms with van der Waals surface area (Å²) in [5.41, 5.74) is 1.77. The molecule has 0 amide bonds. The first-order valence-corrected chi connectivity index (χ1v) is 5.66. The lowest BCUT2D eigenvalue weighted by molar-refractivity contribution is -0.141. The molecule has 0 aromatic heterocycles. The molecule has 0 radical (unpaired) electrons. The van der Waals surface area contributed by atoms with E-state index < -0.39 is 11.9 Å². The van der Waals surface area contributed by atoms with Gasteiger partial charge >= 0.3 is 5.97 Å². The van der Waals surface area contributed by atoms with E-state index >= 15 is 0 Å². The minimum Gasteiger partial charge on any atom is -0.481 e. The van der Waals surface area contributed by atoms with Gasteiger partial charge in [0.2, 0.25) is 0 Å². The van der Waals surface area contributed by atoms with Gasteiger partial charge in [-0.3, -0.25) is 4.79 Å². The fraction of sp³-hybridized carbons (Fsp3) is 0.357. The Labute approximate surface area is 101 Å². The van der Waals surface area contributed by atoms with Gasteiger partial charge in [0.15, 0.2) is 0 Å². The molecule has 0 spiro atoms. The number of rotatable bonds is 6. The summed E-state index contributed by atoms with van der Waals surface area (Å²) in [5.74, 6) is -1.62. The molecule has 0 heterocycles. The Morgan fingerprint density at radius 1 is 1.41 bits per heavy atom. The van der Waals surface area contributed by atoms with Crippen LogP contribution >= 0.6 is 0 Å². The lowest BCUT2D eigenvalue weighted by Crippen LogP contribution is -2.17. The predicted molar refractivity (Wildman–Crippen MR) is 65.3 cm³/mol. The van der Waals surface area contributed by atoms with Gasteiger partial charge in [-0.1, -0.05) is 31.2 Å². The van der Waals surface area contributed by atoms with Crippen LogP contribution in [0.5, 0.6) is 0 Å². The van der Waals surface area contributed by atoms with Crippen molar-refractivity contribution in [1.82, 2.24) is 0 Å². The van der Waals surface area contributed by atoms with Gasteiger partial charge in [0.25, 0.3) is 0 Å². The number of halogens is 1. The number of carboxylic acids is 1. The molecule has 1 atom stereocenters. The van der Waals surface area contributed by atoms with Crippen LogP contribution in [0.4, 0.5) is 4.39 Å². The second-order valence-corrected chi connectivity index (χ2v) is 4.17. The zero-order chi connectivity index (χ0) is 12.8. The second-order valence-electron chi connectivity index (χ2n) is 4.17. The molecule has 0 saturated carbocycles. The zero-order valence-corrected chi connectivity index (χ0v) is 9.95. The number of allylic oxidation sites excluding steroid dienone is 1. The Balaban J connectivity index is 2.70. The van der Waals surface area contributed by atoms with E-state index in [9.17, 15) is 9.18 Å². The van der Waals surface area contributed by atoms with Crippen molar-refractivity contribution >= 4 is 5.97 Å². The maximum absolute atomic E-state index is 12.7. The second kappa shape index (κ2) is 6.18. The van der Waals surface area contributed by atoms with E-state index in [0.29, 0.717) is 12.8 Å². The van der Waals surface area contributed by atoms with Crippen molar-refractivity contribution in [3.8, 4) is 0 Å². The van der Waals surface area contributed by atoms with Crippen molar-refractivity contribution in [2.45, 2.75) is 26.2 Å². The maximum atomic E-state index is 12.7. The number of benzene rings is 1. The molecule has 0 aliphatic carbocycles. The third kappa shape index (κ3) is 4.39. The first-order valence-electron chi connectivity index (χ1n) is 5.66. The molecular weight excluding hydrogens is 219 g/mol.